The highest BCUT2D eigenvalue weighted by molar-refractivity contribution is 7.72. The van der Waals surface area contributed by atoms with E-state index in [0.29, 0.717) is 33.8 Å². The highest BCUT2D eigenvalue weighted by Gasteiger charge is 2.76. The van der Waals surface area contributed by atoms with Gasteiger partial charge in [-0.3, -0.25) is 14.1 Å². The van der Waals surface area contributed by atoms with E-state index in [1.807, 2.05) is 13.8 Å². The monoisotopic (exact) mass is 548 g/mol. The molecule has 2 rings (SSSR count). The Morgan fingerprint density at radius 2 is 1.36 bits per heavy atom. The molecule has 0 saturated carbocycles. The molecule has 0 fully saturated rings. The van der Waals surface area contributed by atoms with E-state index in [9.17, 15) is 28.7 Å². The maximum atomic E-state index is 17.2. The molecule has 2 aromatic heterocycles. The first-order chi connectivity index (χ1) is 16.2. The van der Waals surface area contributed by atoms with E-state index in [2.05, 4.69) is 10.1 Å². The van der Waals surface area contributed by atoms with E-state index in [1.165, 1.54) is 27.7 Å². The van der Waals surface area contributed by atoms with Gasteiger partial charge in [-0.25, -0.2) is 4.39 Å². The molecule has 0 amide bonds. The lowest BCUT2D eigenvalue weighted by molar-refractivity contribution is 0.0631. The van der Waals surface area contributed by atoms with Crippen LogP contribution in [0.15, 0.2) is 10.7 Å². The zero-order valence-electron chi connectivity index (χ0n) is 22.6. The first-order valence-corrected chi connectivity index (χ1v) is 15.2. The van der Waals surface area contributed by atoms with Crippen molar-refractivity contribution in [3.63, 3.8) is 0 Å². The summed E-state index contributed by atoms with van der Waals surface area (Å²) in [4.78, 5) is 46.1. The Hall–Kier alpha value is -1.41. The molecule has 204 valence electrons. The Labute approximate surface area is 212 Å². The lowest BCUT2D eigenvalue weighted by Crippen LogP contribution is -2.56. The summed E-state index contributed by atoms with van der Waals surface area (Å²) in [5.41, 5.74) is 0.257. The fourth-order valence-electron chi connectivity index (χ4n) is 5.87. The van der Waals surface area contributed by atoms with Crippen LogP contribution >= 0.6 is 15.2 Å². The summed E-state index contributed by atoms with van der Waals surface area (Å²) in [7, 11) is -12.2. The van der Waals surface area contributed by atoms with Gasteiger partial charge in [0.25, 0.3) is 0 Å². The number of halogens is 1. The van der Waals surface area contributed by atoms with Gasteiger partial charge >= 0.3 is 20.3 Å². The van der Waals surface area contributed by atoms with Gasteiger partial charge in [0.15, 0.2) is 0 Å². The van der Waals surface area contributed by atoms with Crippen LogP contribution in [0.4, 0.5) is 4.39 Å². The third kappa shape index (κ3) is 4.44. The number of aromatic nitrogens is 2. The molecule has 0 radical (unpaired) electrons. The summed E-state index contributed by atoms with van der Waals surface area (Å²) in [5, 5.41) is -0.207. The lowest BCUT2D eigenvalue weighted by Gasteiger charge is -2.52. The molecule has 4 N–H and O–H groups in total. The Morgan fingerprint density at radius 1 is 0.889 bits per heavy atom. The molecule has 36 heavy (non-hydrogen) atoms. The topological polar surface area (TPSA) is 154 Å². The molecule has 0 unspecified atom stereocenters. The number of hydrogen-bond acceptors (Lipinski definition) is 5. The van der Waals surface area contributed by atoms with E-state index < -0.39 is 37.6 Å². The van der Waals surface area contributed by atoms with E-state index in [1.54, 1.807) is 33.9 Å². The quantitative estimate of drug-likeness (QED) is 0.271. The summed E-state index contributed by atoms with van der Waals surface area (Å²) in [6, 6.07) is 0. The lowest BCUT2D eigenvalue weighted by atomic mass is 9.61. The molecule has 12 heteroatoms. The van der Waals surface area contributed by atoms with Crippen molar-refractivity contribution in [2.24, 2.45) is 11.8 Å². The van der Waals surface area contributed by atoms with Crippen molar-refractivity contribution in [3.05, 3.63) is 34.5 Å². The van der Waals surface area contributed by atoms with Crippen LogP contribution in [-0.2, 0) is 14.5 Å². The van der Waals surface area contributed by atoms with Gasteiger partial charge in [-0.2, -0.15) is 0 Å². The van der Waals surface area contributed by atoms with Crippen LogP contribution in [0.1, 0.15) is 95.5 Å². The minimum absolute atomic E-state index is 0.115. The Morgan fingerprint density at radius 3 is 1.67 bits per heavy atom. The van der Waals surface area contributed by atoms with Crippen LogP contribution in [-0.4, -0.2) is 34.9 Å². The highest BCUT2D eigenvalue weighted by Crippen LogP contribution is 2.79. The van der Waals surface area contributed by atoms with Gasteiger partial charge in [-0.15, -0.1) is 0 Å². The van der Waals surface area contributed by atoms with Crippen LogP contribution in [0.3, 0.4) is 0 Å². The number of nitrogens with zero attached hydrogens (tertiary/aromatic N) is 2. The van der Waals surface area contributed by atoms with Crippen LogP contribution in [0.2, 0.25) is 0 Å². The van der Waals surface area contributed by atoms with Crippen molar-refractivity contribution < 1.29 is 37.6 Å². The van der Waals surface area contributed by atoms with Gasteiger partial charge in [0, 0.05) is 23.0 Å². The number of rotatable bonds is 9. The maximum absolute atomic E-state index is 17.2. The fraction of sp³-hybridized carbons (Fsp3) is 0.667. The number of alkyl halides is 1. The molecule has 0 aliphatic carbocycles. The Kier molecular flexibility index (Phi) is 8.60. The Balaban J connectivity index is 3.43. The van der Waals surface area contributed by atoms with E-state index in [-0.39, 0.29) is 17.4 Å². The Bertz CT molecular complexity index is 1160. The van der Waals surface area contributed by atoms with E-state index in [0.717, 1.165) is 0 Å². The summed E-state index contributed by atoms with van der Waals surface area (Å²) in [6.07, 6.45) is 1.60. The summed E-state index contributed by atoms with van der Waals surface area (Å²) in [5.74, 6) is -2.15. The molecule has 0 aliphatic heterocycles. The smallest absolute Gasteiger partial charge is 0.361 e. The van der Waals surface area contributed by atoms with Crippen molar-refractivity contribution in [2.45, 2.75) is 91.6 Å². The van der Waals surface area contributed by atoms with E-state index >= 15 is 4.39 Å². The van der Waals surface area contributed by atoms with Gasteiger partial charge in [0.05, 0.1) is 11.1 Å². The first kappa shape index (κ1) is 30.8. The zero-order valence-corrected chi connectivity index (χ0v) is 24.4. The van der Waals surface area contributed by atoms with Crippen molar-refractivity contribution in [2.75, 3.05) is 0 Å². The second-order valence-corrected chi connectivity index (χ2v) is 14.5. The van der Waals surface area contributed by atoms with Crippen molar-refractivity contribution >= 4 is 15.2 Å². The van der Waals surface area contributed by atoms with Gasteiger partial charge in [0.1, 0.15) is 5.76 Å². The number of hydrogen-bond donors (Lipinski definition) is 4. The molecule has 0 spiro atoms. The third-order valence-electron chi connectivity index (χ3n) is 7.11. The molecule has 9 nitrogen and oxygen atoms in total. The minimum Gasteiger partial charge on any atom is -0.361 e. The van der Waals surface area contributed by atoms with Gasteiger partial charge in [-0.05, 0) is 48.6 Å². The average Bonchev–Trinajstić information content (AvgIpc) is 3.03. The molecule has 0 atom stereocenters. The molecule has 2 heterocycles. The maximum Gasteiger partial charge on any atom is 0.376 e. The molecular weight excluding hydrogens is 509 g/mol. The standard InChI is InChI=1S/C24H39FN2O7P2/c1-12(2)19-18(20-16(9)27-34-17(20)10)11-26-22(13(3)4)21(19)23(14(5)6,15(7)8)24(25,35(28,29)30)36(31,32)33/h11-15H,1-10H3,(H2,28,29,30)(H2,31,32,33). The molecule has 2 aromatic rings. The predicted octanol–water partition coefficient (Wildman–Crippen LogP) is 6.13. The second-order valence-electron chi connectivity index (χ2n) is 10.7. The summed E-state index contributed by atoms with van der Waals surface area (Å²) >= 11 is 0. The van der Waals surface area contributed by atoms with E-state index in [4.69, 9.17) is 4.52 Å². The predicted molar refractivity (Wildman–Crippen MR) is 137 cm³/mol. The SMILES string of the molecule is Cc1noc(C)c1-c1cnc(C(C)C)c(C(C(C)C)(C(C)C)C(F)(P(=O)(O)O)P(=O)(O)O)c1C(C)C. The molecular formula is C24H39FN2O7P2. The van der Waals surface area contributed by atoms with Gasteiger partial charge in [-0.1, -0.05) is 60.5 Å². The third-order valence-corrected chi connectivity index (χ3v) is 11.0. The number of pyridine rings is 1. The van der Waals surface area contributed by atoms with Crippen LogP contribution in [0, 0.1) is 25.7 Å². The highest BCUT2D eigenvalue weighted by atomic mass is 31.2. The van der Waals surface area contributed by atoms with Crippen molar-refractivity contribution in [3.8, 4) is 11.1 Å². The minimum atomic E-state index is -6.09. The fourth-order valence-corrected chi connectivity index (χ4v) is 9.45. The average molecular weight is 549 g/mol. The number of aryl methyl sites for hydroxylation is 2. The first-order valence-electron chi connectivity index (χ1n) is 12.0. The van der Waals surface area contributed by atoms with Crippen molar-refractivity contribution in [1.29, 1.82) is 0 Å². The summed E-state index contributed by atoms with van der Waals surface area (Å²) in [6.45, 7) is 16.8. The zero-order chi connectivity index (χ0) is 28.2. The normalized spacial score (nSPS) is 14.1. The van der Waals surface area contributed by atoms with Crippen molar-refractivity contribution in [1.82, 2.24) is 10.1 Å². The van der Waals surface area contributed by atoms with Crippen LogP contribution < -0.4 is 0 Å². The second kappa shape index (κ2) is 10.0. The summed E-state index contributed by atoms with van der Waals surface area (Å²) < 4.78 is 48.4. The van der Waals surface area contributed by atoms with Gasteiger partial charge in [0.2, 0.25) is 0 Å². The largest absolute Gasteiger partial charge is 0.376 e. The van der Waals surface area contributed by atoms with Crippen LogP contribution in [0.25, 0.3) is 11.1 Å². The molecule has 0 aliphatic rings. The molecule has 0 saturated heterocycles. The molecule has 0 aromatic carbocycles. The molecule has 0 bridgehead atoms. The van der Waals surface area contributed by atoms with Gasteiger partial charge < -0.3 is 24.1 Å². The van der Waals surface area contributed by atoms with Crippen LogP contribution in [0.5, 0.6) is 0 Å².